The van der Waals surface area contributed by atoms with Crippen LogP contribution < -0.4 is 5.32 Å². The molecule has 0 atom stereocenters. The van der Waals surface area contributed by atoms with Crippen LogP contribution in [-0.2, 0) is 11.3 Å². The summed E-state index contributed by atoms with van der Waals surface area (Å²) in [5.74, 6) is 2.96. The Kier molecular flexibility index (Phi) is 4.08. The summed E-state index contributed by atoms with van der Waals surface area (Å²) in [7, 11) is 0. The van der Waals surface area contributed by atoms with Gasteiger partial charge in [-0.3, -0.25) is 0 Å². The first-order valence-corrected chi connectivity index (χ1v) is 6.50. The highest BCUT2D eigenvalue weighted by molar-refractivity contribution is 5.71. The maximum absolute atomic E-state index is 11.6. The zero-order valence-electron chi connectivity index (χ0n) is 12.3. The highest BCUT2D eigenvalue weighted by Crippen LogP contribution is 2.11. The van der Waals surface area contributed by atoms with Crippen molar-refractivity contribution in [2.24, 2.45) is 0 Å². The number of hydrogen-bond acceptors (Lipinski definition) is 5. The first kappa shape index (κ1) is 14.8. The summed E-state index contributed by atoms with van der Waals surface area (Å²) in [5.41, 5.74) is 0.745. The molecule has 0 saturated carbocycles. The van der Waals surface area contributed by atoms with Gasteiger partial charge in [-0.05, 0) is 26.7 Å². The molecule has 2 rings (SSSR count). The van der Waals surface area contributed by atoms with Crippen LogP contribution in [0.2, 0.25) is 0 Å². The lowest BCUT2D eigenvalue weighted by molar-refractivity contribution is 0.0526. The molecule has 0 aliphatic heterocycles. The van der Waals surface area contributed by atoms with E-state index in [0.29, 0.717) is 30.1 Å². The van der Waals surface area contributed by atoms with Gasteiger partial charge in [-0.15, -0.1) is 6.42 Å². The summed E-state index contributed by atoms with van der Waals surface area (Å²) in [6.45, 7) is 6.24. The van der Waals surface area contributed by atoms with Gasteiger partial charge in [0.2, 0.25) is 0 Å². The molecule has 1 amide bonds. The van der Waals surface area contributed by atoms with Gasteiger partial charge >= 0.3 is 6.09 Å². The van der Waals surface area contributed by atoms with Crippen molar-refractivity contribution in [3.8, 4) is 12.3 Å². The second-order valence-electron chi connectivity index (χ2n) is 5.39. The first-order chi connectivity index (χ1) is 9.90. The lowest BCUT2D eigenvalue weighted by atomic mass is 10.2. The van der Waals surface area contributed by atoms with Crippen molar-refractivity contribution in [1.82, 2.24) is 24.8 Å². The number of ether oxygens (including phenoxy) is 1. The van der Waals surface area contributed by atoms with Crippen LogP contribution in [0.4, 0.5) is 4.79 Å². The van der Waals surface area contributed by atoms with Gasteiger partial charge in [-0.1, -0.05) is 0 Å². The van der Waals surface area contributed by atoms with Crippen molar-refractivity contribution in [3.05, 3.63) is 18.3 Å². The van der Waals surface area contributed by atoms with E-state index >= 15 is 0 Å². The molecule has 7 nitrogen and oxygen atoms in total. The monoisotopic (exact) mass is 287 g/mol. The summed E-state index contributed by atoms with van der Waals surface area (Å²) in [6.07, 6.45) is 8.00. The van der Waals surface area contributed by atoms with Gasteiger partial charge < -0.3 is 14.6 Å². The van der Waals surface area contributed by atoms with E-state index in [1.807, 2.05) is 20.8 Å². The Bertz CT molecular complexity index is 693. The van der Waals surface area contributed by atoms with Crippen molar-refractivity contribution in [2.45, 2.75) is 32.9 Å². The highest BCUT2D eigenvalue weighted by atomic mass is 16.6. The zero-order valence-corrected chi connectivity index (χ0v) is 12.3. The topological polar surface area (TPSA) is 81.9 Å². The van der Waals surface area contributed by atoms with E-state index in [1.165, 1.54) is 6.33 Å². The van der Waals surface area contributed by atoms with Crippen molar-refractivity contribution in [3.63, 3.8) is 0 Å². The number of imidazole rings is 1. The lowest BCUT2D eigenvalue weighted by Crippen LogP contribution is -2.34. The Hall–Kier alpha value is -2.62. The molecule has 21 heavy (non-hydrogen) atoms. The van der Waals surface area contributed by atoms with Crippen molar-refractivity contribution in [2.75, 3.05) is 6.54 Å². The maximum Gasteiger partial charge on any atom is 0.407 e. The van der Waals surface area contributed by atoms with Crippen molar-refractivity contribution < 1.29 is 9.53 Å². The van der Waals surface area contributed by atoms with Crippen LogP contribution in [0.5, 0.6) is 0 Å². The second-order valence-corrected chi connectivity index (χ2v) is 5.39. The van der Waals surface area contributed by atoms with Gasteiger partial charge in [0.05, 0.1) is 6.20 Å². The standard InChI is InChI=1S/C14H17N5O2/c1-5-11-18-10-8-15-9-17-12(10)19(11)7-6-16-13(20)21-14(2,3)4/h1,8-9H,6-7H2,2-4H3,(H,16,20). The Morgan fingerprint density at radius 3 is 2.95 bits per heavy atom. The minimum absolute atomic E-state index is 0.360. The Morgan fingerprint density at radius 2 is 2.29 bits per heavy atom. The number of carbonyl (C=O) groups excluding carboxylic acids is 1. The van der Waals surface area contributed by atoms with Gasteiger partial charge in [0.1, 0.15) is 17.4 Å². The number of hydrogen-bond donors (Lipinski definition) is 1. The van der Waals surface area contributed by atoms with Gasteiger partial charge in [0, 0.05) is 13.1 Å². The summed E-state index contributed by atoms with van der Waals surface area (Å²) in [5, 5.41) is 2.67. The number of amides is 1. The molecule has 0 fully saturated rings. The third-order valence-electron chi connectivity index (χ3n) is 2.54. The summed E-state index contributed by atoms with van der Waals surface area (Å²) < 4.78 is 6.92. The third kappa shape index (κ3) is 3.69. The lowest BCUT2D eigenvalue weighted by Gasteiger charge is -2.19. The maximum atomic E-state index is 11.6. The molecule has 2 heterocycles. The first-order valence-electron chi connectivity index (χ1n) is 6.50. The van der Waals surface area contributed by atoms with Crippen molar-refractivity contribution >= 4 is 17.3 Å². The van der Waals surface area contributed by atoms with Gasteiger partial charge in [-0.25, -0.2) is 19.7 Å². The molecule has 110 valence electrons. The van der Waals surface area contributed by atoms with Gasteiger partial charge in [-0.2, -0.15) is 0 Å². The average Bonchev–Trinajstić information content (AvgIpc) is 2.75. The van der Waals surface area contributed by atoms with Gasteiger partial charge in [0.25, 0.3) is 0 Å². The third-order valence-corrected chi connectivity index (χ3v) is 2.54. The van der Waals surface area contributed by atoms with Crippen LogP contribution in [0.3, 0.4) is 0 Å². The largest absolute Gasteiger partial charge is 0.444 e. The van der Waals surface area contributed by atoms with E-state index in [9.17, 15) is 4.79 Å². The van der Waals surface area contributed by atoms with E-state index in [-0.39, 0.29) is 0 Å². The van der Waals surface area contributed by atoms with E-state index in [0.717, 1.165) is 0 Å². The van der Waals surface area contributed by atoms with E-state index in [4.69, 9.17) is 11.2 Å². The number of rotatable bonds is 3. The predicted octanol–water partition coefficient (Wildman–Crippen LogP) is 1.33. The summed E-state index contributed by atoms with van der Waals surface area (Å²) in [6, 6.07) is 0. The molecule has 7 heteroatoms. The zero-order chi connectivity index (χ0) is 15.5. The van der Waals surface area contributed by atoms with Crippen LogP contribution in [0.1, 0.15) is 26.6 Å². The molecule has 2 aromatic rings. The molecule has 0 aromatic carbocycles. The Balaban J connectivity index is 2.04. The summed E-state index contributed by atoms with van der Waals surface area (Å²) in [4.78, 5) is 23.9. The fraction of sp³-hybridized carbons (Fsp3) is 0.429. The minimum atomic E-state index is -0.525. The number of fused-ring (bicyclic) bond motifs is 1. The highest BCUT2D eigenvalue weighted by Gasteiger charge is 2.16. The average molecular weight is 287 g/mol. The SMILES string of the molecule is C#Cc1nc2cncnc2n1CCNC(=O)OC(C)(C)C. The molecule has 1 N–H and O–H groups in total. The molecule has 0 aliphatic carbocycles. The van der Waals surface area contributed by atoms with E-state index in [1.54, 1.807) is 10.8 Å². The minimum Gasteiger partial charge on any atom is -0.444 e. The molecular formula is C14H17N5O2. The normalized spacial score (nSPS) is 11.1. The molecule has 0 spiro atoms. The quantitative estimate of drug-likeness (QED) is 0.861. The Labute approximate surface area is 122 Å². The van der Waals surface area contributed by atoms with Gasteiger partial charge in [0.15, 0.2) is 11.5 Å². The molecule has 0 saturated heterocycles. The number of nitrogens with zero attached hydrogens (tertiary/aromatic N) is 4. The summed E-state index contributed by atoms with van der Waals surface area (Å²) >= 11 is 0. The van der Waals surface area contributed by atoms with Crippen LogP contribution in [-0.4, -0.2) is 37.8 Å². The second kappa shape index (κ2) is 5.79. The fourth-order valence-corrected chi connectivity index (χ4v) is 1.78. The Morgan fingerprint density at radius 1 is 1.52 bits per heavy atom. The number of alkyl carbamates (subject to hydrolysis) is 1. The molecular weight excluding hydrogens is 270 g/mol. The number of aromatic nitrogens is 4. The van der Waals surface area contributed by atoms with Crippen LogP contribution >= 0.6 is 0 Å². The van der Waals surface area contributed by atoms with E-state index < -0.39 is 11.7 Å². The van der Waals surface area contributed by atoms with E-state index in [2.05, 4.69) is 26.2 Å². The molecule has 0 aliphatic rings. The van der Waals surface area contributed by atoms with Crippen LogP contribution in [0.15, 0.2) is 12.5 Å². The smallest absolute Gasteiger partial charge is 0.407 e. The molecule has 0 bridgehead atoms. The predicted molar refractivity (Wildman–Crippen MR) is 77.5 cm³/mol. The van der Waals surface area contributed by atoms with Crippen LogP contribution in [0, 0.1) is 12.3 Å². The fourth-order valence-electron chi connectivity index (χ4n) is 1.78. The number of nitrogens with one attached hydrogen (secondary N) is 1. The van der Waals surface area contributed by atoms with Crippen molar-refractivity contribution in [1.29, 1.82) is 0 Å². The number of carbonyl (C=O) groups is 1. The molecule has 2 aromatic heterocycles. The number of terminal acetylenes is 1. The van der Waals surface area contributed by atoms with Crippen LogP contribution in [0.25, 0.3) is 11.2 Å². The molecule has 0 radical (unpaired) electrons. The molecule has 0 unspecified atom stereocenters.